The summed E-state index contributed by atoms with van der Waals surface area (Å²) in [5.41, 5.74) is 3.81. The number of fused-ring (bicyclic) bond motifs is 1. The molecule has 3 aromatic carbocycles. The van der Waals surface area contributed by atoms with Crippen molar-refractivity contribution in [3.05, 3.63) is 109 Å². The van der Waals surface area contributed by atoms with E-state index in [0.717, 1.165) is 27.7 Å². The van der Waals surface area contributed by atoms with Gasteiger partial charge in [-0.1, -0.05) is 77.3 Å². The van der Waals surface area contributed by atoms with Gasteiger partial charge in [0, 0.05) is 22.7 Å². The minimum Gasteiger partial charge on any atom is -0.334 e. The largest absolute Gasteiger partial charge is 0.334 e. The molecule has 10 nitrogen and oxygen atoms in total. The molecule has 0 saturated carbocycles. The quantitative estimate of drug-likeness (QED) is 0.113. The van der Waals surface area contributed by atoms with E-state index in [-0.39, 0.29) is 27.8 Å². The molecule has 0 unspecified atom stereocenters. The summed E-state index contributed by atoms with van der Waals surface area (Å²) in [6.45, 7) is 1.73. The first-order valence-corrected chi connectivity index (χ1v) is 13.2. The lowest BCUT2D eigenvalue weighted by molar-refractivity contribution is -0.385. The Morgan fingerprint density at radius 2 is 1.88 bits per heavy atom. The molecular formula is C27H22Cl3N7O3. The van der Waals surface area contributed by atoms with Crippen LogP contribution < -0.4 is 10.6 Å². The van der Waals surface area contributed by atoms with Crippen LogP contribution in [-0.2, 0) is 13.0 Å². The minimum atomic E-state index is -0.616. The normalized spacial score (nSPS) is 11.9. The fraction of sp³-hybridized carbons (Fsp3) is 0.148. The first-order chi connectivity index (χ1) is 19.2. The van der Waals surface area contributed by atoms with Gasteiger partial charge >= 0.3 is 6.03 Å². The highest BCUT2D eigenvalue weighted by molar-refractivity contribution is 6.42. The van der Waals surface area contributed by atoms with Crippen LogP contribution in [0.3, 0.4) is 0 Å². The van der Waals surface area contributed by atoms with Crippen LogP contribution in [0.15, 0.2) is 60.7 Å². The molecule has 1 atom stereocenters. The van der Waals surface area contributed by atoms with Crippen molar-refractivity contribution in [2.24, 2.45) is 0 Å². The Morgan fingerprint density at radius 1 is 1.10 bits per heavy atom. The van der Waals surface area contributed by atoms with Gasteiger partial charge in [-0.05, 0) is 31.0 Å². The lowest BCUT2D eigenvalue weighted by atomic mass is 10.1. The first kappa shape index (κ1) is 27.4. The predicted molar refractivity (Wildman–Crippen MR) is 155 cm³/mol. The number of imidazole rings is 1. The molecule has 0 radical (unpaired) electrons. The van der Waals surface area contributed by atoms with Gasteiger partial charge in [0.1, 0.15) is 16.7 Å². The third-order valence-corrected chi connectivity index (χ3v) is 7.53. The summed E-state index contributed by atoms with van der Waals surface area (Å²) in [6.07, 6.45) is 0.396. The number of halogens is 3. The number of nitro groups is 1. The number of hydrogen-bond acceptors (Lipinski definition) is 5. The van der Waals surface area contributed by atoms with E-state index >= 15 is 0 Å². The van der Waals surface area contributed by atoms with E-state index in [9.17, 15) is 14.9 Å². The van der Waals surface area contributed by atoms with Crippen molar-refractivity contribution in [1.29, 1.82) is 0 Å². The van der Waals surface area contributed by atoms with Gasteiger partial charge < -0.3 is 15.6 Å². The molecule has 2 amide bonds. The van der Waals surface area contributed by atoms with Gasteiger partial charge in [0.15, 0.2) is 0 Å². The number of aromatic nitrogens is 4. The maximum absolute atomic E-state index is 13.0. The average molecular weight is 599 g/mol. The van der Waals surface area contributed by atoms with Crippen LogP contribution in [0.25, 0.3) is 22.2 Å². The highest BCUT2D eigenvalue weighted by atomic mass is 35.5. The van der Waals surface area contributed by atoms with Crippen molar-refractivity contribution in [1.82, 2.24) is 30.8 Å². The molecule has 5 aromatic rings. The number of carbonyl (C=O) groups excluding carboxylic acids is 1. The van der Waals surface area contributed by atoms with Crippen LogP contribution in [0, 0.1) is 17.0 Å². The first-order valence-electron chi connectivity index (χ1n) is 12.1. The number of nitro benzene ring substituents is 1. The van der Waals surface area contributed by atoms with Gasteiger partial charge in [0.2, 0.25) is 0 Å². The van der Waals surface area contributed by atoms with Crippen LogP contribution in [0.1, 0.15) is 28.7 Å². The molecule has 0 aliphatic carbocycles. The number of aryl methyl sites for hydroxylation is 1. The zero-order valence-electron chi connectivity index (χ0n) is 21.0. The van der Waals surface area contributed by atoms with E-state index in [1.807, 2.05) is 55.5 Å². The van der Waals surface area contributed by atoms with Crippen molar-refractivity contribution >= 4 is 57.4 Å². The van der Waals surface area contributed by atoms with Crippen molar-refractivity contribution in [3.8, 4) is 11.3 Å². The van der Waals surface area contributed by atoms with E-state index in [4.69, 9.17) is 39.8 Å². The molecule has 204 valence electrons. The molecular weight excluding hydrogens is 577 g/mol. The topological polar surface area (TPSA) is 142 Å². The van der Waals surface area contributed by atoms with E-state index in [0.29, 0.717) is 23.1 Å². The number of rotatable bonds is 8. The molecule has 2 aromatic heterocycles. The Balaban J connectivity index is 1.40. The highest BCUT2D eigenvalue weighted by Crippen LogP contribution is 2.33. The number of carbonyl (C=O) groups is 1. The molecule has 40 heavy (non-hydrogen) atoms. The van der Waals surface area contributed by atoms with Gasteiger partial charge in [-0.2, -0.15) is 5.10 Å². The number of urea groups is 1. The summed E-state index contributed by atoms with van der Waals surface area (Å²) in [6, 6.07) is 16.7. The average Bonchev–Trinajstić information content (AvgIpc) is 3.51. The molecule has 5 rings (SSSR count). The Hall–Kier alpha value is -4.12. The number of H-pyrrole nitrogens is 2. The third-order valence-electron chi connectivity index (χ3n) is 6.41. The van der Waals surface area contributed by atoms with E-state index in [1.165, 1.54) is 12.1 Å². The lowest BCUT2D eigenvalue weighted by Gasteiger charge is -2.18. The number of aromatic amines is 2. The summed E-state index contributed by atoms with van der Waals surface area (Å²) in [7, 11) is 0. The number of amides is 2. The summed E-state index contributed by atoms with van der Waals surface area (Å²) in [5, 5.41) is 25.7. The molecule has 0 bridgehead atoms. The predicted octanol–water partition coefficient (Wildman–Crippen LogP) is 6.91. The molecule has 13 heteroatoms. The van der Waals surface area contributed by atoms with Crippen LogP contribution in [0.2, 0.25) is 15.2 Å². The van der Waals surface area contributed by atoms with E-state index in [1.54, 1.807) is 0 Å². The maximum Gasteiger partial charge on any atom is 0.315 e. The second kappa shape index (κ2) is 11.5. The monoisotopic (exact) mass is 597 g/mol. The number of benzene rings is 3. The van der Waals surface area contributed by atoms with Crippen LogP contribution in [0.4, 0.5) is 10.5 Å². The molecule has 2 heterocycles. The summed E-state index contributed by atoms with van der Waals surface area (Å²) in [5.74, 6) is 0.434. The van der Waals surface area contributed by atoms with Crippen LogP contribution >= 0.6 is 34.8 Å². The highest BCUT2D eigenvalue weighted by Gasteiger charge is 2.24. The Labute approximate surface area is 243 Å². The summed E-state index contributed by atoms with van der Waals surface area (Å²) in [4.78, 5) is 31.7. The third kappa shape index (κ3) is 5.74. The van der Waals surface area contributed by atoms with Crippen LogP contribution in [-0.4, -0.2) is 31.1 Å². The molecule has 0 aliphatic rings. The number of nitrogens with zero attached hydrogens (tertiary/aromatic N) is 3. The van der Waals surface area contributed by atoms with Gasteiger partial charge in [0.25, 0.3) is 5.69 Å². The van der Waals surface area contributed by atoms with Crippen molar-refractivity contribution < 1.29 is 9.72 Å². The lowest BCUT2D eigenvalue weighted by Crippen LogP contribution is -2.39. The molecule has 4 N–H and O–H groups in total. The zero-order chi connectivity index (χ0) is 28.4. The van der Waals surface area contributed by atoms with Crippen molar-refractivity contribution in [2.45, 2.75) is 25.9 Å². The summed E-state index contributed by atoms with van der Waals surface area (Å²) >= 11 is 18.8. The Kier molecular flexibility index (Phi) is 7.92. The van der Waals surface area contributed by atoms with Crippen molar-refractivity contribution in [3.63, 3.8) is 0 Å². The zero-order valence-corrected chi connectivity index (χ0v) is 23.2. The Bertz CT molecular complexity index is 1720. The smallest absolute Gasteiger partial charge is 0.315 e. The van der Waals surface area contributed by atoms with Gasteiger partial charge in [-0.25, -0.2) is 9.78 Å². The SMILES string of the molecule is Cc1[nH]nc2cc(-c3nc([C@H](Cc4ccccc4)NC(=O)NCc4c([N+](=O)[O-])ccc(Cl)c4Cl)[nH]c3Cl)ccc12. The molecule has 0 spiro atoms. The van der Waals surface area contributed by atoms with Gasteiger partial charge in [-0.3, -0.25) is 15.2 Å². The fourth-order valence-corrected chi connectivity index (χ4v) is 5.04. The number of hydrogen-bond donors (Lipinski definition) is 4. The maximum atomic E-state index is 13.0. The second-order valence-electron chi connectivity index (χ2n) is 9.05. The standard InChI is InChI=1S/C27H22Cl3N7O3/c1-14-17-8-7-16(12-20(17)36-35-14)24-25(30)34-26(33-24)21(11-15-5-3-2-4-6-15)32-27(38)31-13-18-22(37(39)40)10-9-19(28)23(18)29/h2-10,12,21H,11,13H2,1H3,(H,33,34)(H,35,36)(H2,31,32,38)/t21-/m0/s1. The molecule has 0 fully saturated rings. The second-order valence-corrected chi connectivity index (χ2v) is 10.2. The fourth-order valence-electron chi connectivity index (χ4n) is 4.38. The van der Waals surface area contributed by atoms with Gasteiger partial charge in [-0.15, -0.1) is 0 Å². The van der Waals surface area contributed by atoms with Crippen LogP contribution in [0.5, 0.6) is 0 Å². The minimum absolute atomic E-state index is 0.00327. The number of nitrogens with one attached hydrogen (secondary N) is 4. The Morgan fingerprint density at radius 3 is 2.62 bits per heavy atom. The molecule has 0 saturated heterocycles. The molecule has 0 aliphatic heterocycles. The van der Waals surface area contributed by atoms with E-state index < -0.39 is 17.0 Å². The van der Waals surface area contributed by atoms with Gasteiger partial charge in [0.05, 0.1) is 38.6 Å². The van der Waals surface area contributed by atoms with Crippen molar-refractivity contribution in [2.75, 3.05) is 0 Å². The van der Waals surface area contributed by atoms with E-state index in [2.05, 4.69) is 25.8 Å². The summed E-state index contributed by atoms with van der Waals surface area (Å²) < 4.78 is 0.